The lowest BCUT2D eigenvalue weighted by molar-refractivity contribution is 0.224. The summed E-state index contributed by atoms with van der Waals surface area (Å²) in [6, 6.07) is 0. The fourth-order valence-electron chi connectivity index (χ4n) is 1.44. The van der Waals surface area contributed by atoms with E-state index in [2.05, 4.69) is 5.92 Å². The van der Waals surface area contributed by atoms with Gasteiger partial charge in [0, 0.05) is 6.54 Å². The van der Waals surface area contributed by atoms with Crippen molar-refractivity contribution in [3.63, 3.8) is 0 Å². The highest BCUT2D eigenvalue weighted by atomic mass is 19.1. The average molecular weight is 155 g/mol. The van der Waals surface area contributed by atoms with Gasteiger partial charge in [-0.1, -0.05) is 5.92 Å². The first-order valence-electron chi connectivity index (χ1n) is 4.13. The Morgan fingerprint density at radius 1 is 1.55 bits per heavy atom. The lowest BCUT2D eigenvalue weighted by atomic mass is 10.2. The number of halogens is 1. The molecule has 0 aliphatic carbocycles. The van der Waals surface area contributed by atoms with Crippen LogP contribution in [0.1, 0.15) is 19.3 Å². The molecule has 62 valence electrons. The van der Waals surface area contributed by atoms with Crippen LogP contribution < -0.4 is 0 Å². The Morgan fingerprint density at radius 2 is 2.36 bits per heavy atom. The highest BCUT2D eigenvalue weighted by molar-refractivity contribution is 4.89. The van der Waals surface area contributed by atoms with Gasteiger partial charge >= 0.3 is 0 Å². The van der Waals surface area contributed by atoms with Gasteiger partial charge in [-0.25, -0.2) is 4.39 Å². The van der Waals surface area contributed by atoms with E-state index in [0.717, 1.165) is 19.4 Å². The summed E-state index contributed by atoms with van der Waals surface area (Å²) < 4.78 is 12.9. The van der Waals surface area contributed by atoms with Crippen LogP contribution in [0.2, 0.25) is 0 Å². The van der Waals surface area contributed by atoms with Gasteiger partial charge in [0.2, 0.25) is 0 Å². The van der Waals surface area contributed by atoms with Gasteiger partial charge in [0.15, 0.2) is 0 Å². The van der Waals surface area contributed by atoms with E-state index in [-0.39, 0.29) is 0 Å². The number of terminal acetylenes is 1. The van der Waals surface area contributed by atoms with Crippen molar-refractivity contribution >= 4 is 0 Å². The van der Waals surface area contributed by atoms with E-state index in [1.165, 1.54) is 0 Å². The van der Waals surface area contributed by atoms with E-state index < -0.39 is 6.17 Å². The molecule has 1 aliphatic rings. The second-order valence-electron chi connectivity index (χ2n) is 3.03. The van der Waals surface area contributed by atoms with Crippen LogP contribution in [0, 0.1) is 12.3 Å². The Hall–Kier alpha value is -0.550. The molecule has 0 N–H and O–H groups in total. The molecule has 1 heterocycles. The minimum atomic E-state index is -0.661. The van der Waals surface area contributed by atoms with E-state index in [1.807, 2.05) is 4.90 Å². The Kier molecular flexibility index (Phi) is 3.38. The van der Waals surface area contributed by atoms with Gasteiger partial charge in [-0.05, 0) is 25.8 Å². The van der Waals surface area contributed by atoms with E-state index in [0.29, 0.717) is 19.5 Å². The first-order valence-corrected chi connectivity index (χ1v) is 4.13. The van der Waals surface area contributed by atoms with Gasteiger partial charge < -0.3 is 0 Å². The summed E-state index contributed by atoms with van der Waals surface area (Å²) in [5.74, 6) is 2.54. The number of alkyl halides is 1. The summed E-state index contributed by atoms with van der Waals surface area (Å²) in [6.07, 6.45) is 7.28. The molecule has 1 saturated heterocycles. The van der Waals surface area contributed by atoms with Crippen molar-refractivity contribution in [2.45, 2.75) is 25.4 Å². The molecular weight excluding hydrogens is 141 g/mol. The Balaban J connectivity index is 2.34. The van der Waals surface area contributed by atoms with Gasteiger partial charge in [0.05, 0.1) is 6.54 Å². The predicted octanol–water partition coefficient (Wildman–Crippen LogP) is 1.44. The minimum absolute atomic E-state index is 0.532. The highest BCUT2D eigenvalue weighted by Crippen LogP contribution is 2.12. The van der Waals surface area contributed by atoms with E-state index in [4.69, 9.17) is 6.42 Å². The minimum Gasteiger partial charge on any atom is -0.289 e. The molecule has 1 rings (SSSR count). The van der Waals surface area contributed by atoms with Crippen LogP contribution in [0.5, 0.6) is 0 Å². The fraction of sp³-hybridized carbons (Fsp3) is 0.778. The monoisotopic (exact) mass is 155 g/mol. The van der Waals surface area contributed by atoms with Gasteiger partial charge in [-0.15, -0.1) is 6.42 Å². The first-order chi connectivity index (χ1) is 5.33. The van der Waals surface area contributed by atoms with Crippen LogP contribution in [0.4, 0.5) is 4.39 Å². The van der Waals surface area contributed by atoms with Crippen LogP contribution >= 0.6 is 0 Å². The Morgan fingerprint density at radius 3 is 3.09 bits per heavy atom. The van der Waals surface area contributed by atoms with Crippen LogP contribution in [0.3, 0.4) is 0 Å². The molecule has 1 aliphatic heterocycles. The highest BCUT2D eigenvalue weighted by Gasteiger charge is 2.15. The summed E-state index contributed by atoms with van der Waals surface area (Å²) in [5.41, 5.74) is 0. The van der Waals surface area contributed by atoms with Gasteiger partial charge in [-0.2, -0.15) is 0 Å². The van der Waals surface area contributed by atoms with Crippen molar-refractivity contribution in [2.24, 2.45) is 0 Å². The van der Waals surface area contributed by atoms with Crippen molar-refractivity contribution in [1.82, 2.24) is 4.90 Å². The molecule has 1 unspecified atom stereocenters. The SMILES string of the molecule is C#CCN1CCCCC(F)C1. The maximum atomic E-state index is 12.9. The maximum absolute atomic E-state index is 12.9. The molecule has 0 saturated carbocycles. The van der Waals surface area contributed by atoms with Crippen molar-refractivity contribution in [2.75, 3.05) is 19.6 Å². The number of nitrogens with zero attached hydrogens (tertiary/aromatic N) is 1. The quantitative estimate of drug-likeness (QED) is 0.518. The largest absolute Gasteiger partial charge is 0.289 e. The van der Waals surface area contributed by atoms with Crippen LogP contribution in [-0.4, -0.2) is 30.7 Å². The molecule has 0 aromatic carbocycles. The predicted molar refractivity (Wildman–Crippen MR) is 44.0 cm³/mol. The van der Waals surface area contributed by atoms with Gasteiger partial charge in [0.25, 0.3) is 0 Å². The molecular formula is C9H14FN. The third-order valence-corrected chi connectivity index (χ3v) is 2.01. The average Bonchev–Trinajstić information content (AvgIpc) is 2.15. The first kappa shape index (κ1) is 8.55. The third kappa shape index (κ3) is 2.90. The lowest BCUT2D eigenvalue weighted by Crippen LogP contribution is -2.29. The number of rotatable bonds is 1. The molecule has 0 amide bonds. The number of hydrogen-bond donors (Lipinski definition) is 0. The summed E-state index contributed by atoms with van der Waals surface area (Å²) in [6.45, 7) is 2.09. The van der Waals surface area contributed by atoms with Crippen molar-refractivity contribution < 1.29 is 4.39 Å². The molecule has 11 heavy (non-hydrogen) atoms. The van der Waals surface area contributed by atoms with Crippen LogP contribution in [0.15, 0.2) is 0 Å². The smallest absolute Gasteiger partial charge is 0.113 e. The van der Waals surface area contributed by atoms with E-state index in [1.54, 1.807) is 0 Å². The number of likely N-dealkylation sites (tertiary alicyclic amines) is 1. The number of hydrogen-bond acceptors (Lipinski definition) is 1. The molecule has 0 radical (unpaired) electrons. The molecule has 1 atom stereocenters. The van der Waals surface area contributed by atoms with E-state index in [9.17, 15) is 4.39 Å². The van der Waals surface area contributed by atoms with Crippen LogP contribution in [-0.2, 0) is 0 Å². The zero-order valence-corrected chi connectivity index (χ0v) is 6.72. The molecule has 1 nitrogen and oxygen atoms in total. The maximum Gasteiger partial charge on any atom is 0.113 e. The molecule has 0 bridgehead atoms. The normalized spacial score (nSPS) is 27.5. The second kappa shape index (κ2) is 4.35. The zero-order valence-electron chi connectivity index (χ0n) is 6.72. The van der Waals surface area contributed by atoms with Crippen LogP contribution in [0.25, 0.3) is 0 Å². The van der Waals surface area contributed by atoms with Crippen molar-refractivity contribution in [3.05, 3.63) is 0 Å². The third-order valence-electron chi connectivity index (χ3n) is 2.01. The standard InChI is InChI=1S/C9H14FN/c1-2-6-11-7-4-3-5-9(10)8-11/h1,9H,3-8H2. The molecule has 0 aromatic heterocycles. The fourth-order valence-corrected chi connectivity index (χ4v) is 1.44. The molecule has 2 heteroatoms. The summed E-state index contributed by atoms with van der Waals surface area (Å²) in [7, 11) is 0. The topological polar surface area (TPSA) is 3.24 Å². The lowest BCUT2D eigenvalue weighted by Gasteiger charge is -2.17. The van der Waals surface area contributed by atoms with Crippen molar-refractivity contribution in [1.29, 1.82) is 0 Å². The van der Waals surface area contributed by atoms with Gasteiger partial charge in [-0.3, -0.25) is 4.90 Å². The zero-order chi connectivity index (χ0) is 8.10. The van der Waals surface area contributed by atoms with Gasteiger partial charge in [0.1, 0.15) is 6.17 Å². The summed E-state index contributed by atoms with van der Waals surface area (Å²) >= 11 is 0. The molecule has 0 spiro atoms. The van der Waals surface area contributed by atoms with E-state index >= 15 is 0 Å². The summed E-state index contributed by atoms with van der Waals surface area (Å²) in [5, 5.41) is 0. The molecule has 0 aromatic rings. The Bertz CT molecular complexity index is 150. The Labute approximate surface area is 67.6 Å². The molecule has 1 fully saturated rings. The summed E-state index contributed by atoms with van der Waals surface area (Å²) in [4.78, 5) is 2.01. The second-order valence-corrected chi connectivity index (χ2v) is 3.03. The van der Waals surface area contributed by atoms with Crippen molar-refractivity contribution in [3.8, 4) is 12.3 Å².